The summed E-state index contributed by atoms with van der Waals surface area (Å²) >= 11 is 0. The van der Waals surface area contributed by atoms with Crippen LogP contribution in [0.5, 0.6) is 0 Å². The monoisotopic (exact) mass is 306 g/mol. The lowest BCUT2D eigenvalue weighted by molar-refractivity contribution is -0.137. The van der Waals surface area contributed by atoms with Crippen molar-refractivity contribution in [2.75, 3.05) is 18.5 Å². The number of rotatable bonds is 8. The number of nitrogens with zero attached hydrogens (tertiary/aromatic N) is 1. The third kappa shape index (κ3) is 5.76. The van der Waals surface area contributed by atoms with Gasteiger partial charge in [0, 0.05) is 36.8 Å². The molecule has 0 bridgehead atoms. The predicted octanol–water partition coefficient (Wildman–Crippen LogP) is 2.91. The normalized spacial score (nSPS) is 11.1. The van der Waals surface area contributed by atoms with Gasteiger partial charge in [0.05, 0.1) is 0 Å². The van der Waals surface area contributed by atoms with Gasteiger partial charge in [-0.25, -0.2) is 0 Å². The Morgan fingerprint density at radius 1 is 1.23 bits per heavy atom. The van der Waals surface area contributed by atoms with E-state index in [0.29, 0.717) is 12.0 Å². The number of hydrogen-bond acceptors (Lipinski definition) is 3. The summed E-state index contributed by atoms with van der Waals surface area (Å²) in [6.07, 6.45) is 1.50. The fourth-order valence-electron chi connectivity index (χ4n) is 2.19. The van der Waals surface area contributed by atoms with Gasteiger partial charge in [-0.05, 0) is 51.0 Å². The molecule has 0 heterocycles. The Morgan fingerprint density at radius 3 is 2.32 bits per heavy atom. The van der Waals surface area contributed by atoms with Gasteiger partial charge in [-0.1, -0.05) is 6.92 Å². The molecule has 0 aromatic heterocycles. The Bertz CT molecular complexity index is 509. The van der Waals surface area contributed by atoms with Crippen LogP contribution in [0.4, 0.5) is 5.69 Å². The standard InChI is InChI=1S/C17H26N2O3/c1-5-12-19(4)14-8-6-13(7-9-14)16(22)18-17(2,3)11-10-15(20)21/h6-9H,5,10-12H2,1-4H3,(H,18,22)(H,20,21). The molecule has 0 saturated carbocycles. The second-order valence-electron chi connectivity index (χ2n) is 6.20. The van der Waals surface area contributed by atoms with Crippen molar-refractivity contribution in [2.45, 2.75) is 45.6 Å². The maximum absolute atomic E-state index is 12.2. The zero-order valence-corrected chi connectivity index (χ0v) is 13.8. The summed E-state index contributed by atoms with van der Waals surface area (Å²) in [5, 5.41) is 11.6. The predicted molar refractivity (Wildman–Crippen MR) is 88.4 cm³/mol. The Morgan fingerprint density at radius 2 is 1.82 bits per heavy atom. The highest BCUT2D eigenvalue weighted by molar-refractivity contribution is 5.95. The minimum Gasteiger partial charge on any atom is -0.481 e. The molecule has 0 unspecified atom stereocenters. The topological polar surface area (TPSA) is 69.6 Å². The van der Waals surface area contributed by atoms with Crippen molar-refractivity contribution >= 4 is 17.6 Å². The highest BCUT2D eigenvalue weighted by Gasteiger charge is 2.22. The van der Waals surface area contributed by atoms with Gasteiger partial charge in [-0.2, -0.15) is 0 Å². The van der Waals surface area contributed by atoms with Crippen LogP contribution in [0.2, 0.25) is 0 Å². The molecule has 0 aliphatic carbocycles. The molecule has 5 nitrogen and oxygen atoms in total. The van der Waals surface area contributed by atoms with E-state index in [2.05, 4.69) is 17.1 Å². The third-order valence-corrected chi connectivity index (χ3v) is 3.55. The lowest BCUT2D eigenvalue weighted by Gasteiger charge is -2.26. The molecular formula is C17H26N2O3. The van der Waals surface area contributed by atoms with Crippen LogP contribution >= 0.6 is 0 Å². The van der Waals surface area contributed by atoms with E-state index in [-0.39, 0.29) is 12.3 Å². The van der Waals surface area contributed by atoms with Crippen LogP contribution in [0.25, 0.3) is 0 Å². The number of carboxylic acid groups (broad SMARTS) is 1. The van der Waals surface area contributed by atoms with E-state index in [1.807, 2.05) is 33.0 Å². The number of aliphatic carboxylic acids is 1. The van der Waals surface area contributed by atoms with Crippen LogP contribution in [0, 0.1) is 0 Å². The van der Waals surface area contributed by atoms with Crippen LogP contribution in [-0.4, -0.2) is 36.1 Å². The van der Waals surface area contributed by atoms with E-state index in [9.17, 15) is 9.59 Å². The largest absolute Gasteiger partial charge is 0.481 e. The molecule has 0 aliphatic rings. The average Bonchev–Trinajstić information content (AvgIpc) is 2.45. The van der Waals surface area contributed by atoms with Crippen LogP contribution in [-0.2, 0) is 4.79 Å². The summed E-state index contributed by atoms with van der Waals surface area (Å²) in [7, 11) is 2.02. The van der Waals surface area contributed by atoms with Gasteiger partial charge in [0.1, 0.15) is 0 Å². The molecule has 0 radical (unpaired) electrons. The van der Waals surface area contributed by atoms with E-state index >= 15 is 0 Å². The fourth-order valence-corrected chi connectivity index (χ4v) is 2.19. The molecule has 0 fully saturated rings. The first-order chi connectivity index (χ1) is 10.2. The second kappa shape index (κ2) is 7.82. The van der Waals surface area contributed by atoms with Gasteiger partial charge in [0.15, 0.2) is 0 Å². The Kier molecular flexibility index (Phi) is 6.40. The minimum absolute atomic E-state index is 0.0357. The SMILES string of the molecule is CCCN(C)c1ccc(C(=O)NC(C)(C)CCC(=O)O)cc1. The maximum atomic E-state index is 12.2. The molecule has 1 aromatic carbocycles. The first kappa shape index (κ1) is 18.0. The number of benzene rings is 1. The van der Waals surface area contributed by atoms with E-state index in [1.165, 1.54) is 0 Å². The van der Waals surface area contributed by atoms with Crippen LogP contribution in [0.15, 0.2) is 24.3 Å². The van der Waals surface area contributed by atoms with Crippen molar-refractivity contribution in [1.82, 2.24) is 5.32 Å². The van der Waals surface area contributed by atoms with E-state index in [0.717, 1.165) is 18.7 Å². The lowest BCUT2D eigenvalue weighted by Crippen LogP contribution is -2.43. The van der Waals surface area contributed by atoms with E-state index < -0.39 is 11.5 Å². The van der Waals surface area contributed by atoms with Crippen LogP contribution < -0.4 is 10.2 Å². The Balaban J connectivity index is 2.67. The van der Waals surface area contributed by atoms with Crippen molar-refractivity contribution in [3.8, 4) is 0 Å². The van der Waals surface area contributed by atoms with Crippen molar-refractivity contribution in [3.63, 3.8) is 0 Å². The fraction of sp³-hybridized carbons (Fsp3) is 0.529. The summed E-state index contributed by atoms with van der Waals surface area (Å²) < 4.78 is 0. The minimum atomic E-state index is -0.856. The highest BCUT2D eigenvalue weighted by atomic mass is 16.4. The number of carbonyl (C=O) groups is 2. The van der Waals surface area contributed by atoms with Gasteiger partial charge in [-0.3, -0.25) is 9.59 Å². The molecule has 1 amide bonds. The molecule has 1 rings (SSSR count). The van der Waals surface area contributed by atoms with Crippen molar-refractivity contribution in [3.05, 3.63) is 29.8 Å². The summed E-state index contributed by atoms with van der Waals surface area (Å²) in [4.78, 5) is 25.0. The number of carboxylic acids is 1. The van der Waals surface area contributed by atoms with Gasteiger partial charge in [0.2, 0.25) is 0 Å². The maximum Gasteiger partial charge on any atom is 0.303 e. The first-order valence-electron chi connectivity index (χ1n) is 7.60. The van der Waals surface area contributed by atoms with Gasteiger partial charge < -0.3 is 15.3 Å². The van der Waals surface area contributed by atoms with E-state index in [1.54, 1.807) is 12.1 Å². The van der Waals surface area contributed by atoms with Gasteiger partial charge >= 0.3 is 5.97 Å². The second-order valence-corrected chi connectivity index (χ2v) is 6.20. The van der Waals surface area contributed by atoms with E-state index in [4.69, 9.17) is 5.11 Å². The number of carbonyl (C=O) groups excluding carboxylic acids is 1. The lowest BCUT2D eigenvalue weighted by atomic mass is 9.97. The molecular weight excluding hydrogens is 280 g/mol. The summed E-state index contributed by atoms with van der Waals surface area (Å²) in [5.41, 5.74) is 1.10. The quantitative estimate of drug-likeness (QED) is 0.775. The number of anilines is 1. The van der Waals surface area contributed by atoms with Gasteiger partial charge in [-0.15, -0.1) is 0 Å². The van der Waals surface area contributed by atoms with Crippen LogP contribution in [0.3, 0.4) is 0 Å². The Hall–Kier alpha value is -2.04. The Labute approximate surface area is 132 Å². The summed E-state index contributed by atoms with van der Waals surface area (Å²) in [5.74, 6) is -1.04. The zero-order valence-electron chi connectivity index (χ0n) is 13.8. The van der Waals surface area contributed by atoms with Crippen molar-refractivity contribution in [1.29, 1.82) is 0 Å². The smallest absolute Gasteiger partial charge is 0.303 e. The summed E-state index contributed by atoms with van der Waals surface area (Å²) in [6, 6.07) is 7.44. The highest BCUT2D eigenvalue weighted by Crippen LogP contribution is 2.16. The molecule has 0 atom stereocenters. The molecule has 0 spiro atoms. The van der Waals surface area contributed by atoms with Crippen LogP contribution in [0.1, 0.15) is 50.4 Å². The van der Waals surface area contributed by atoms with Crippen molar-refractivity contribution in [2.24, 2.45) is 0 Å². The first-order valence-corrected chi connectivity index (χ1v) is 7.60. The molecule has 122 valence electrons. The molecule has 1 aromatic rings. The zero-order chi connectivity index (χ0) is 16.8. The summed E-state index contributed by atoms with van der Waals surface area (Å²) in [6.45, 7) is 6.75. The van der Waals surface area contributed by atoms with Gasteiger partial charge in [0.25, 0.3) is 5.91 Å². The molecule has 0 saturated heterocycles. The molecule has 2 N–H and O–H groups in total. The third-order valence-electron chi connectivity index (χ3n) is 3.55. The molecule has 22 heavy (non-hydrogen) atoms. The molecule has 5 heteroatoms. The average molecular weight is 306 g/mol. The molecule has 0 aliphatic heterocycles. The number of amides is 1. The van der Waals surface area contributed by atoms with Crippen molar-refractivity contribution < 1.29 is 14.7 Å². The number of hydrogen-bond donors (Lipinski definition) is 2. The number of nitrogens with one attached hydrogen (secondary N) is 1.